The van der Waals surface area contributed by atoms with E-state index in [-0.39, 0.29) is 18.2 Å². The predicted molar refractivity (Wildman–Crippen MR) is 108 cm³/mol. The highest BCUT2D eigenvalue weighted by atomic mass is 19.1. The molecule has 0 spiro atoms. The predicted octanol–water partition coefficient (Wildman–Crippen LogP) is 3.45. The number of benzene rings is 2. The van der Waals surface area contributed by atoms with Gasteiger partial charge in [0.15, 0.2) is 5.78 Å². The highest BCUT2D eigenvalue weighted by Crippen LogP contribution is 2.18. The van der Waals surface area contributed by atoms with Gasteiger partial charge in [0.2, 0.25) is 5.91 Å². The van der Waals surface area contributed by atoms with Gasteiger partial charge in [0, 0.05) is 28.6 Å². The molecule has 0 unspecified atom stereocenters. The summed E-state index contributed by atoms with van der Waals surface area (Å²) in [6.07, 6.45) is 0.535. The molecule has 6 nitrogen and oxygen atoms in total. The van der Waals surface area contributed by atoms with Crippen LogP contribution in [0.25, 0.3) is 11.4 Å². The van der Waals surface area contributed by atoms with Gasteiger partial charge in [0.25, 0.3) is 5.56 Å². The summed E-state index contributed by atoms with van der Waals surface area (Å²) in [4.78, 5) is 40.9. The number of nitrogens with zero attached hydrogens (tertiary/aromatic N) is 2. The molecule has 1 amide bonds. The number of carbonyl (C=O) groups is 2. The largest absolute Gasteiger partial charge is 0.325 e. The third-order valence-corrected chi connectivity index (χ3v) is 4.38. The van der Waals surface area contributed by atoms with Crippen molar-refractivity contribution >= 4 is 17.4 Å². The summed E-state index contributed by atoms with van der Waals surface area (Å²) in [7, 11) is 0. The summed E-state index contributed by atoms with van der Waals surface area (Å²) in [5.41, 5.74) is 1.62. The summed E-state index contributed by atoms with van der Waals surface area (Å²) in [5, 5.41) is 2.69. The zero-order chi connectivity index (χ0) is 21.0. The van der Waals surface area contributed by atoms with Crippen LogP contribution in [0.1, 0.15) is 29.9 Å². The number of halogens is 1. The Labute approximate surface area is 167 Å². The number of amides is 1. The van der Waals surface area contributed by atoms with Crippen LogP contribution in [-0.2, 0) is 17.8 Å². The van der Waals surface area contributed by atoms with Gasteiger partial charge in [-0.15, -0.1) is 0 Å². The number of nitrogens with one attached hydrogen (secondary N) is 1. The molecule has 1 aromatic heterocycles. The van der Waals surface area contributed by atoms with Crippen molar-refractivity contribution in [3.05, 3.63) is 82.0 Å². The fourth-order valence-electron chi connectivity index (χ4n) is 2.87. The molecule has 1 N–H and O–H groups in total. The molecule has 0 saturated heterocycles. The quantitative estimate of drug-likeness (QED) is 0.651. The van der Waals surface area contributed by atoms with Crippen molar-refractivity contribution in [2.24, 2.45) is 0 Å². The first-order valence-corrected chi connectivity index (χ1v) is 9.15. The van der Waals surface area contributed by atoms with Gasteiger partial charge >= 0.3 is 0 Å². The Kier molecular flexibility index (Phi) is 5.97. The second-order valence-electron chi connectivity index (χ2n) is 6.54. The molecule has 0 aliphatic rings. The van der Waals surface area contributed by atoms with E-state index in [2.05, 4.69) is 10.3 Å². The van der Waals surface area contributed by atoms with Crippen LogP contribution in [-0.4, -0.2) is 21.2 Å². The van der Waals surface area contributed by atoms with E-state index < -0.39 is 17.3 Å². The minimum Gasteiger partial charge on any atom is -0.325 e. The number of Topliss-reactive ketones (excluding diaryl/α,β-unsaturated/α-hetero) is 1. The van der Waals surface area contributed by atoms with Crippen LogP contribution < -0.4 is 10.9 Å². The average molecular weight is 393 g/mol. The standard InChI is InChI=1S/C22H20FN3O3/c1-3-18-12-21(29)26(22(25-18)16-5-4-6-17(23)11-16)13-20(28)24-19-9-7-15(8-10-19)14(2)27/h4-12H,3,13H2,1-2H3,(H,24,28). The molecule has 1 heterocycles. The number of anilines is 1. The minimum atomic E-state index is -0.458. The van der Waals surface area contributed by atoms with Gasteiger partial charge in [-0.2, -0.15) is 0 Å². The number of rotatable bonds is 6. The molecule has 3 aromatic rings. The maximum atomic E-state index is 13.7. The Bertz CT molecular complexity index is 1120. The Hall–Kier alpha value is -3.61. The van der Waals surface area contributed by atoms with Crippen molar-refractivity contribution in [2.45, 2.75) is 26.8 Å². The molecule has 7 heteroatoms. The van der Waals surface area contributed by atoms with Crippen LogP contribution in [0, 0.1) is 5.82 Å². The van der Waals surface area contributed by atoms with E-state index in [1.165, 1.54) is 35.8 Å². The second-order valence-corrected chi connectivity index (χ2v) is 6.54. The van der Waals surface area contributed by atoms with Crippen LogP contribution in [0.15, 0.2) is 59.4 Å². The normalized spacial score (nSPS) is 10.6. The molecule has 0 bridgehead atoms. The Morgan fingerprint density at radius 3 is 2.45 bits per heavy atom. The summed E-state index contributed by atoms with van der Waals surface area (Å²) >= 11 is 0. The minimum absolute atomic E-state index is 0.0729. The second kappa shape index (κ2) is 8.60. The number of hydrogen-bond donors (Lipinski definition) is 1. The van der Waals surface area contributed by atoms with Crippen LogP contribution in [0.5, 0.6) is 0 Å². The molecule has 2 aromatic carbocycles. The average Bonchev–Trinajstić information content (AvgIpc) is 2.69. The third-order valence-electron chi connectivity index (χ3n) is 4.38. The summed E-state index contributed by atoms with van der Waals surface area (Å²) < 4.78 is 14.9. The summed E-state index contributed by atoms with van der Waals surface area (Å²) in [5.74, 6) is -0.737. The van der Waals surface area contributed by atoms with Crippen LogP contribution in [0.3, 0.4) is 0 Å². The van der Waals surface area contributed by atoms with Crippen molar-refractivity contribution in [3.63, 3.8) is 0 Å². The van der Waals surface area contributed by atoms with E-state index in [1.807, 2.05) is 6.92 Å². The number of aryl methyl sites for hydroxylation is 1. The van der Waals surface area contributed by atoms with Crippen LogP contribution in [0.4, 0.5) is 10.1 Å². The summed E-state index contributed by atoms with van der Waals surface area (Å²) in [6, 6.07) is 13.6. The maximum absolute atomic E-state index is 13.7. The molecule has 3 rings (SSSR count). The van der Waals surface area contributed by atoms with Gasteiger partial charge in [-0.25, -0.2) is 9.37 Å². The summed E-state index contributed by atoms with van der Waals surface area (Å²) in [6.45, 7) is 3.04. The van der Waals surface area contributed by atoms with Gasteiger partial charge in [-0.1, -0.05) is 19.1 Å². The van der Waals surface area contributed by atoms with Crippen molar-refractivity contribution in [1.29, 1.82) is 0 Å². The molecule has 0 saturated carbocycles. The van der Waals surface area contributed by atoms with Crippen molar-refractivity contribution in [2.75, 3.05) is 5.32 Å². The lowest BCUT2D eigenvalue weighted by Crippen LogP contribution is -2.30. The lowest BCUT2D eigenvalue weighted by molar-refractivity contribution is -0.116. The monoisotopic (exact) mass is 393 g/mol. The number of aromatic nitrogens is 2. The Morgan fingerprint density at radius 1 is 1.10 bits per heavy atom. The van der Waals surface area contributed by atoms with Crippen LogP contribution >= 0.6 is 0 Å². The third kappa shape index (κ3) is 4.82. The molecule has 0 fully saturated rings. The van der Waals surface area contributed by atoms with Crippen molar-refractivity contribution in [3.8, 4) is 11.4 Å². The molecular weight excluding hydrogens is 373 g/mol. The highest BCUT2D eigenvalue weighted by molar-refractivity contribution is 5.95. The van der Waals surface area contributed by atoms with Crippen molar-refractivity contribution < 1.29 is 14.0 Å². The van der Waals surface area contributed by atoms with Crippen LogP contribution in [0.2, 0.25) is 0 Å². The van der Waals surface area contributed by atoms with E-state index in [0.29, 0.717) is 28.9 Å². The van der Waals surface area contributed by atoms with Gasteiger partial charge < -0.3 is 5.32 Å². The number of carbonyl (C=O) groups excluding carboxylic acids is 2. The number of hydrogen-bond acceptors (Lipinski definition) is 4. The topological polar surface area (TPSA) is 81.1 Å². The molecule has 0 atom stereocenters. The molecule has 0 aliphatic heterocycles. The van der Waals surface area contributed by atoms with E-state index in [1.54, 1.807) is 30.3 Å². The first-order valence-electron chi connectivity index (χ1n) is 9.15. The van der Waals surface area contributed by atoms with Gasteiger partial charge in [-0.05, 0) is 49.7 Å². The maximum Gasteiger partial charge on any atom is 0.254 e. The fraction of sp³-hybridized carbons (Fsp3) is 0.182. The molecule has 0 radical (unpaired) electrons. The van der Waals surface area contributed by atoms with Gasteiger partial charge in [-0.3, -0.25) is 19.0 Å². The van der Waals surface area contributed by atoms with E-state index in [0.717, 1.165) is 0 Å². The van der Waals surface area contributed by atoms with Gasteiger partial charge in [0.05, 0.1) is 0 Å². The smallest absolute Gasteiger partial charge is 0.254 e. The number of ketones is 1. The van der Waals surface area contributed by atoms with E-state index >= 15 is 0 Å². The molecule has 0 aliphatic carbocycles. The molecule has 29 heavy (non-hydrogen) atoms. The Morgan fingerprint density at radius 2 is 1.83 bits per heavy atom. The SMILES string of the molecule is CCc1cc(=O)n(CC(=O)Nc2ccc(C(C)=O)cc2)c(-c2cccc(F)c2)n1. The zero-order valence-corrected chi connectivity index (χ0v) is 16.1. The van der Waals surface area contributed by atoms with E-state index in [9.17, 15) is 18.8 Å². The molecule has 148 valence electrons. The van der Waals surface area contributed by atoms with Gasteiger partial charge in [0.1, 0.15) is 18.2 Å². The molecular formula is C22H20FN3O3. The first-order chi connectivity index (χ1) is 13.9. The lowest BCUT2D eigenvalue weighted by atomic mass is 10.1. The van der Waals surface area contributed by atoms with E-state index in [4.69, 9.17) is 0 Å². The highest BCUT2D eigenvalue weighted by Gasteiger charge is 2.14. The van der Waals surface area contributed by atoms with Crippen molar-refractivity contribution in [1.82, 2.24) is 9.55 Å². The Balaban J connectivity index is 1.90. The zero-order valence-electron chi connectivity index (χ0n) is 16.1. The first kappa shape index (κ1) is 20.1. The fourth-order valence-corrected chi connectivity index (χ4v) is 2.87. The lowest BCUT2D eigenvalue weighted by Gasteiger charge is -2.14.